The Morgan fingerprint density at radius 1 is 1.15 bits per heavy atom. The molecule has 3 heterocycles. The Hall–Kier alpha value is -2.31. The molecule has 1 aromatic carbocycles. The van der Waals surface area contributed by atoms with Gasteiger partial charge in [0.1, 0.15) is 5.65 Å². The molecule has 0 fully saturated rings. The van der Waals surface area contributed by atoms with Crippen LogP contribution in [0.4, 0.5) is 0 Å². The quantitative estimate of drug-likeness (QED) is 0.641. The second kappa shape index (κ2) is 7.51. The van der Waals surface area contributed by atoms with Gasteiger partial charge in [-0.1, -0.05) is 13.8 Å². The van der Waals surface area contributed by atoms with Gasteiger partial charge in [0.25, 0.3) is 0 Å². The number of ether oxygens (including phenoxy) is 2. The highest BCUT2D eigenvalue weighted by Crippen LogP contribution is 2.35. The lowest BCUT2D eigenvalue weighted by Gasteiger charge is -2.21. The minimum atomic E-state index is -0.0181. The van der Waals surface area contributed by atoms with Crippen molar-refractivity contribution in [2.24, 2.45) is 0 Å². The van der Waals surface area contributed by atoms with E-state index in [0.717, 1.165) is 31.7 Å². The van der Waals surface area contributed by atoms with Crippen LogP contribution in [0.2, 0.25) is 0 Å². The molecule has 1 aliphatic heterocycles. The normalized spacial score (nSPS) is 12.7. The first-order chi connectivity index (χ1) is 12.2. The number of rotatable bonds is 5. The summed E-state index contributed by atoms with van der Waals surface area (Å²) in [6.45, 7) is 8.13. The number of benzene rings is 1. The highest BCUT2D eigenvalue weighted by atomic mass is 35.5. The maximum Gasteiger partial charge on any atom is 0.231 e. The molecule has 2 aromatic heterocycles. The van der Waals surface area contributed by atoms with E-state index in [1.165, 1.54) is 0 Å². The Morgan fingerprint density at radius 3 is 2.62 bits per heavy atom. The summed E-state index contributed by atoms with van der Waals surface area (Å²) < 4.78 is 13.1. The molecule has 7 heteroatoms. The van der Waals surface area contributed by atoms with Gasteiger partial charge in [0.15, 0.2) is 16.9 Å². The molecular formula is C19H22ClN3O3. The van der Waals surface area contributed by atoms with Crippen LogP contribution in [0, 0.1) is 0 Å². The molecule has 0 spiro atoms. The van der Waals surface area contributed by atoms with E-state index in [1.807, 2.05) is 12.1 Å². The van der Waals surface area contributed by atoms with Crippen molar-refractivity contribution in [1.29, 1.82) is 0 Å². The summed E-state index contributed by atoms with van der Waals surface area (Å²) in [7, 11) is 0. The molecule has 0 bridgehead atoms. The fourth-order valence-electron chi connectivity index (χ4n) is 3.39. The molecule has 0 saturated carbocycles. The van der Waals surface area contributed by atoms with Crippen molar-refractivity contribution < 1.29 is 9.47 Å². The first kappa shape index (κ1) is 18.5. The van der Waals surface area contributed by atoms with Crippen LogP contribution in [0.25, 0.3) is 21.9 Å². The summed E-state index contributed by atoms with van der Waals surface area (Å²) in [6.07, 6.45) is 1.73. The fraction of sp³-hybridized carbons (Fsp3) is 0.368. The minimum Gasteiger partial charge on any atom is -0.454 e. The van der Waals surface area contributed by atoms with Crippen molar-refractivity contribution in [1.82, 2.24) is 14.5 Å². The van der Waals surface area contributed by atoms with Crippen LogP contribution in [0.1, 0.15) is 13.8 Å². The fourth-order valence-corrected chi connectivity index (χ4v) is 3.39. The molecule has 0 unspecified atom stereocenters. The van der Waals surface area contributed by atoms with Gasteiger partial charge in [-0.25, -0.2) is 4.98 Å². The third kappa shape index (κ3) is 2.99. The number of nitrogens with zero attached hydrogens (tertiary/aromatic N) is 3. The molecule has 0 atom stereocenters. The number of hydrogen-bond acceptors (Lipinski definition) is 5. The lowest BCUT2D eigenvalue weighted by molar-refractivity contribution is 0.174. The first-order valence-corrected chi connectivity index (χ1v) is 8.66. The molecule has 138 valence electrons. The summed E-state index contributed by atoms with van der Waals surface area (Å²) >= 11 is 0. The standard InChI is InChI=1S/C19H21N3O3.ClH/c1-3-21(4-2)8-9-22-15-11-17-16(24-12-25-17)10-14(15)18(23)13-6-5-7-20-19(13)22;/h5-7,10-11H,3-4,8-9,12H2,1-2H3;1H. The van der Waals surface area contributed by atoms with Crippen LogP contribution < -0.4 is 14.9 Å². The van der Waals surface area contributed by atoms with E-state index in [2.05, 4.69) is 28.3 Å². The van der Waals surface area contributed by atoms with E-state index >= 15 is 0 Å². The van der Waals surface area contributed by atoms with Crippen molar-refractivity contribution in [2.75, 3.05) is 26.4 Å². The minimum absolute atomic E-state index is 0. The number of pyridine rings is 2. The number of fused-ring (bicyclic) bond motifs is 3. The average Bonchev–Trinajstić information content (AvgIpc) is 3.11. The molecular weight excluding hydrogens is 354 g/mol. The maximum absolute atomic E-state index is 12.9. The third-order valence-electron chi connectivity index (χ3n) is 4.85. The smallest absolute Gasteiger partial charge is 0.231 e. The van der Waals surface area contributed by atoms with E-state index in [-0.39, 0.29) is 24.6 Å². The monoisotopic (exact) mass is 375 g/mol. The molecule has 6 nitrogen and oxygen atoms in total. The van der Waals surface area contributed by atoms with Crippen LogP contribution in [-0.2, 0) is 6.54 Å². The van der Waals surface area contributed by atoms with Crippen molar-refractivity contribution in [3.8, 4) is 11.5 Å². The van der Waals surface area contributed by atoms with Crippen molar-refractivity contribution in [3.63, 3.8) is 0 Å². The second-order valence-electron chi connectivity index (χ2n) is 6.10. The van der Waals surface area contributed by atoms with E-state index in [4.69, 9.17) is 9.47 Å². The zero-order valence-electron chi connectivity index (χ0n) is 14.9. The Balaban J connectivity index is 0.00000196. The largest absolute Gasteiger partial charge is 0.454 e. The Kier molecular flexibility index (Phi) is 5.34. The Morgan fingerprint density at radius 2 is 1.88 bits per heavy atom. The van der Waals surface area contributed by atoms with E-state index in [1.54, 1.807) is 18.3 Å². The summed E-state index contributed by atoms with van der Waals surface area (Å²) in [4.78, 5) is 19.8. The molecule has 0 saturated heterocycles. The predicted molar refractivity (Wildman–Crippen MR) is 105 cm³/mol. The molecule has 0 aliphatic carbocycles. The zero-order valence-corrected chi connectivity index (χ0v) is 15.7. The van der Waals surface area contributed by atoms with Crippen LogP contribution in [-0.4, -0.2) is 40.9 Å². The van der Waals surface area contributed by atoms with Crippen LogP contribution in [0.3, 0.4) is 0 Å². The SMILES string of the molecule is CCN(CC)CCn1c2cc3c(cc2c(=O)c2cccnc21)OCO3.Cl. The van der Waals surface area contributed by atoms with Gasteiger partial charge in [-0.2, -0.15) is 0 Å². The molecule has 0 amide bonds. The Labute approximate surface area is 157 Å². The molecule has 1 aliphatic rings. The number of halogens is 1. The van der Waals surface area contributed by atoms with Gasteiger partial charge in [0.05, 0.1) is 16.3 Å². The van der Waals surface area contributed by atoms with Gasteiger partial charge in [0, 0.05) is 25.4 Å². The van der Waals surface area contributed by atoms with Crippen LogP contribution >= 0.6 is 12.4 Å². The second-order valence-corrected chi connectivity index (χ2v) is 6.10. The van der Waals surface area contributed by atoms with Gasteiger partial charge in [-0.15, -0.1) is 12.4 Å². The predicted octanol–water partition coefficient (Wildman–Crippen LogP) is 3.04. The van der Waals surface area contributed by atoms with E-state index in [0.29, 0.717) is 27.9 Å². The van der Waals surface area contributed by atoms with E-state index in [9.17, 15) is 4.79 Å². The maximum atomic E-state index is 12.9. The zero-order chi connectivity index (χ0) is 17.4. The van der Waals surface area contributed by atoms with Gasteiger partial charge in [-0.05, 0) is 31.3 Å². The summed E-state index contributed by atoms with van der Waals surface area (Å²) in [5, 5.41) is 1.28. The van der Waals surface area contributed by atoms with Crippen LogP contribution in [0.5, 0.6) is 11.5 Å². The van der Waals surface area contributed by atoms with Gasteiger partial charge in [-0.3, -0.25) is 4.79 Å². The lowest BCUT2D eigenvalue weighted by Crippen LogP contribution is -2.28. The Bertz CT molecular complexity index is 999. The topological polar surface area (TPSA) is 56.6 Å². The molecule has 0 N–H and O–H groups in total. The number of likely N-dealkylation sites (N-methyl/N-ethyl adjacent to an activating group) is 1. The molecule has 4 rings (SSSR count). The van der Waals surface area contributed by atoms with Gasteiger partial charge < -0.3 is 18.9 Å². The third-order valence-corrected chi connectivity index (χ3v) is 4.85. The van der Waals surface area contributed by atoms with Gasteiger partial charge in [0.2, 0.25) is 6.79 Å². The van der Waals surface area contributed by atoms with E-state index < -0.39 is 0 Å². The number of hydrogen-bond donors (Lipinski definition) is 0. The summed E-state index contributed by atoms with van der Waals surface area (Å²) in [5.41, 5.74) is 1.54. The van der Waals surface area contributed by atoms with Gasteiger partial charge >= 0.3 is 0 Å². The molecule has 3 aromatic rings. The highest BCUT2D eigenvalue weighted by molar-refractivity contribution is 5.93. The summed E-state index contributed by atoms with van der Waals surface area (Å²) in [6, 6.07) is 7.33. The molecule has 0 radical (unpaired) electrons. The lowest BCUT2D eigenvalue weighted by atomic mass is 10.1. The number of aromatic nitrogens is 2. The highest BCUT2D eigenvalue weighted by Gasteiger charge is 2.19. The van der Waals surface area contributed by atoms with Crippen molar-refractivity contribution in [3.05, 3.63) is 40.7 Å². The van der Waals surface area contributed by atoms with Crippen molar-refractivity contribution in [2.45, 2.75) is 20.4 Å². The molecule has 26 heavy (non-hydrogen) atoms. The first-order valence-electron chi connectivity index (χ1n) is 8.66. The average molecular weight is 376 g/mol. The van der Waals surface area contributed by atoms with Crippen molar-refractivity contribution >= 4 is 34.3 Å². The van der Waals surface area contributed by atoms with Crippen LogP contribution in [0.15, 0.2) is 35.3 Å². The summed E-state index contributed by atoms with van der Waals surface area (Å²) in [5.74, 6) is 1.31.